The Morgan fingerprint density at radius 1 is 0.947 bits per heavy atom. The summed E-state index contributed by atoms with van der Waals surface area (Å²) in [7, 11) is -4.08. The minimum atomic E-state index is -4.08. The number of carbonyl (C=O) groups excluding carboxylic acids is 2. The minimum Gasteiger partial charge on any atom is -0.354 e. The van der Waals surface area contributed by atoms with Gasteiger partial charge in [0.2, 0.25) is 11.8 Å². The summed E-state index contributed by atoms with van der Waals surface area (Å²) in [6.45, 7) is 5.74. The Kier molecular flexibility index (Phi) is 10.4. The Morgan fingerprint density at radius 2 is 1.58 bits per heavy atom. The average molecular weight is 554 g/mol. The molecule has 0 aliphatic rings. The fourth-order valence-corrected chi connectivity index (χ4v) is 5.70. The maximum atomic E-state index is 13.8. The van der Waals surface area contributed by atoms with E-state index >= 15 is 0 Å². The van der Waals surface area contributed by atoms with Crippen LogP contribution >= 0.6 is 11.8 Å². The number of hydrogen-bond donors (Lipinski definition) is 1. The van der Waals surface area contributed by atoms with E-state index in [1.165, 1.54) is 16.7 Å². The standard InChI is InChI=1S/C29H35N3O4S2/c1-5-19-30-29(34)23(3)31(20-24-9-7-6-8-10-24)28(33)21-32(25-13-11-22(2)12-14-25)38(35,36)27-17-15-26(37-4)16-18-27/h6-18,23H,5,19-21H2,1-4H3,(H,30,34)/t23-/m1/s1. The summed E-state index contributed by atoms with van der Waals surface area (Å²) < 4.78 is 28.8. The van der Waals surface area contributed by atoms with Gasteiger partial charge in [0, 0.05) is 18.0 Å². The number of aryl methyl sites for hydroxylation is 1. The monoisotopic (exact) mass is 553 g/mol. The number of nitrogens with zero attached hydrogens (tertiary/aromatic N) is 2. The van der Waals surface area contributed by atoms with Crippen molar-refractivity contribution in [2.75, 3.05) is 23.7 Å². The molecule has 202 valence electrons. The van der Waals surface area contributed by atoms with Gasteiger partial charge in [-0.1, -0.05) is 55.0 Å². The van der Waals surface area contributed by atoms with Gasteiger partial charge < -0.3 is 10.2 Å². The number of thioether (sulfide) groups is 1. The molecule has 0 aliphatic heterocycles. The van der Waals surface area contributed by atoms with Gasteiger partial charge >= 0.3 is 0 Å². The first-order chi connectivity index (χ1) is 18.2. The van der Waals surface area contributed by atoms with Crippen molar-refractivity contribution in [2.45, 2.75) is 49.6 Å². The van der Waals surface area contributed by atoms with Crippen LogP contribution in [0.25, 0.3) is 0 Å². The van der Waals surface area contributed by atoms with Gasteiger partial charge in [-0.25, -0.2) is 8.42 Å². The molecule has 3 aromatic rings. The zero-order chi connectivity index (χ0) is 27.7. The van der Waals surface area contributed by atoms with Crippen molar-refractivity contribution < 1.29 is 18.0 Å². The van der Waals surface area contributed by atoms with Crippen LogP contribution in [-0.2, 0) is 26.2 Å². The third-order valence-corrected chi connectivity index (χ3v) is 8.69. The molecule has 0 fully saturated rings. The lowest BCUT2D eigenvalue weighted by Gasteiger charge is -2.32. The predicted octanol–water partition coefficient (Wildman–Crippen LogP) is 4.86. The average Bonchev–Trinajstić information content (AvgIpc) is 2.93. The van der Waals surface area contributed by atoms with Gasteiger partial charge in [-0.05, 0) is 68.5 Å². The molecule has 3 aromatic carbocycles. The fourth-order valence-electron chi connectivity index (χ4n) is 3.87. The van der Waals surface area contributed by atoms with E-state index in [4.69, 9.17) is 0 Å². The summed E-state index contributed by atoms with van der Waals surface area (Å²) in [4.78, 5) is 29.2. The summed E-state index contributed by atoms with van der Waals surface area (Å²) in [5, 5.41) is 2.84. The quantitative estimate of drug-likeness (QED) is 0.324. The summed E-state index contributed by atoms with van der Waals surface area (Å²) >= 11 is 1.51. The number of hydrogen-bond acceptors (Lipinski definition) is 5. The molecule has 9 heteroatoms. The predicted molar refractivity (Wildman–Crippen MR) is 154 cm³/mol. The molecule has 3 rings (SSSR count). The molecule has 0 saturated heterocycles. The molecule has 38 heavy (non-hydrogen) atoms. The van der Waals surface area contributed by atoms with Crippen LogP contribution in [0.15, 0.2) is 88.7 Å². The number of sulfonamides is 1. The number of carbonyl (C=O) groups is 2. The second-order valence-electron chi connectivity index (χ2n) is 9.00. The topological polar surface area (TPSA) is 86.8 Å². The van der Waals surface area contributed by atoms with E-state index in [1.807, 2.05) is 62.6 Å². The van der Waals surface area contributed by atoms with Crippen LogP contribution in [0.4, 0.5) is 5.69 Å². The molecule has 0 aromatic heterocycles. The van der Waals surface area contributed by atoms with Crippen LogP contribution < -0.4 is 9.62 Å². The molecule has 0 spiro atoms. The van der Waals surface area contributed by atoms with Crippen molar-refractivity contribution in [1.82, 2.24) is 10.2 Å². The lowest BCUT2D eigenvalue weighted by atomic mass is 10.1. The summed E-state index contributed by atoms with van der Waals surface area (Å²) in [5.74, 6) is -0.758. The maximum Gasteiger partial charge on any atom is 0.264 e. The number of rotatable bonds is 12. The van der Waals surface area contributed by atoms with Crippen LogP contribution in [0.2, 0.25) is 0 Å². The van der Waals surface area contributed by atoms with E-state index in [1.54, 1.807) is 43.3 Å². The first kappa shape index (κ1) is 29.3. The molecule has 0 bridgehead atoms. The molecule has 0 saturated carbocycles. The van der Waals surface area contributed by atoms with E-state index in [0.29, 0.717) is 12.2 Å². The fraction of sp³-hybridized carbons (Fsp3) is 0.310. The largest absolute Gasteiger partial charge is 0.354 e. The molecule has 0 radical (unpaired) electrons. The summed E-state index contributed by atoms with van der Waals surface area (Å²) in [6, 6.07) is 22.1. The van der Waals surface area contributed by atoms with E-state index in [9.17, 15) is 18.0 Å². The van der Waals surface area contributed by atoms with Crippen molar-refractivity contribution in [3.05, 3.63) is 90.0 Å². The normalized spacial score (nSPS) is 12.0. The first-order valence-electron chi connectivity index (χ1n) is 12.5. The summed E-state index contributed by atoms with van der Waals surface area (Å²) in [6.07, 6.45) is 2.68. The molecule has 7 nitrogen and oxygen atoms in total. The Hall–Kier alpha value is -3.30. The number of nitrogens with one attached hydrogen (secondary N) is 1. The summed E-state index contributed by atoms with van der Waals surface area (Å²) in [5.41, 5.74) is 2.18. The van der Waals surface area contributed by atoms with E-state index in [-0.39, 0.29) is 17.3 Å². The lowest BCUT2D eigenvalue weighted by Crippen LogP contribution is -2.51. The van der Waals surface area contributed by atoms with E-state index in [0.717, 1.165) is 26.7 Å². The van der Waals surface area contributed by atoms with Gasteiger partial charge in [-0.2, -0.15) is 0 Å². The molecule has 1 atom stereocenters. The van der Waals surface area contributed by atoms with Crippen molar-refractivity contribution >= 4 is 39.3 Å². The Bertz CT molecular complexity index is 1310. The van der Waals surface area contributed by atoms with Crippen LogP contribution in [0, 0.1) is 6.92 Å². The van der Waals surface area contributed by atoms with E-state index in [2.05, 4.69) is 5.32 Å². The number of amides is 2. The van der Waals surface area contributed by atoms with Crippen molar-refractivity contribution in [1.29, 1.82) is 0 Å². The molecule has 0 aliphatic carbocycles. The van der Waals surface area contributed by atoms with E-state index < -0.39 is 28.5 Å². The van der Waals surface area contributed by atoms with Gasteiger partial charge in [0.25, 0.3) is 10.0 Å². The maximum absolute atomic E-state index is 13.8. The third kappa shape index (κ3) is 7.39. The van der Waals surface area contributed by atoms with Gasteiger partial charge in [0.1, 0.15) is 12.6 Å². The Morgan fingerprint density at radius 3 is 2.16 bits per heavy atom. The van der Waals surface area contributed by atoms with Crippen molar-refractivity contribution in [3.8, 4) is 0 Å². The first-order valence-corrected chi connectivity index (χ1v) is 15.2. The SMILES string of the molecule is CCCNC(=O)[C@@H](C)N(Cc1ccccc1)C(=O)CN(c1ccc(C)cc1)S(=O)(=O)c1ccc(SC)cc1. The second-order valence-corrected chi connectivity index (χ2v) is 11.7. The highest BCUT2D eigenvalue weighted by Crippen LogP contribution is 2.26. The van der Waals surface area contributed by atoms with Crippen molar-refractivity contribution in [3.63, 3.8) is 0 Å². The highest BCUT2D eigenvalue weighted by Gasteiger charge is 2.32. The van der Waals surface area contributed by atoms with Gasteiger partial charge in [-0.15, -0.1) is 11.8 Å². The zero-order valence-electron chi connectivity index (χ0n) is 22.3. The molecule has 0 unspecified atom stereocenters. The highest BCUT2D eigenvalue weighted by molar-refractivity contribution is 7.98. The number of benzene rings is 3. The van der Waals surface area contributed by atoms with Gasteiger partial charge in [0.05, 0.1) is 10.6 Å². The highest BCUT2D eigenvalue weighted by atomic mass is 32.2. The molecule has 2 amide bonds. The third-order valence-electron chi connectivity index (χ3n) is 6.16. The smallest absolute Gasteiger partial charge is 0.264 e. The van der Waals surface area contributed by atoms with Crippen LogP contribution in [0.1, 0.15) is 31.4 Å². The van der Waals surface area contributed by atoms with Crippen LogP contribution in [0.5, 0.6) is 0 Å². The van der Waals surface area contributed by atoms with Crippen LogP contribution in [-0.4, -0.2) is 50.5 Å². The molecular formula is C29H35N3O4S2. The Labute approximate surface area is 230 Å². The zero-order valence-corrected chi connectivity index (χ0v) is 23.9. The molecule has 1 N–H and O–H groups in total. The minimum absolute atomic E-state index is 0.0898. The van der Waals surface area contributed by atoms with Crippen LogP contribution in [0.3, 0.4) is 0 Å². The molecular weight excluding hydrogens is 518 g/mol. The Balaban J connectivity index is 2.00. The van der Waals surface area contributed by atoms with Gasteiger partial charge in [-0.3, -0.25) is 13.9 Å². The second kappa shape index (κ2) is 13.5. The lowest BCUT2D eigenvalue weighted by molar-refractivity contribution is -0.139. The molecule has 0 heterocycles. The van der Waals surface area contributed by atoms with Gasteiger partial charge in [0.15, 0.2) is 0 Å². The van der Waals surface area contributed by atoms with Crippen molar-refractivity contribution in [2.24, 2.45) is 0 Å². The number of anilines is 1.